The largest absolute Gasteiger partial charge is 0.486 e. The minimum Gasteiger partial charge on any atom is -0.486 e. The molecule has 2 aromatic rings. The molecule has 1 amide bonds. The Hall–Kier alpha value is -2.08. The van der Waals surface area contributed by atoms with Crippen LogP contribution >= 0.6 is 11.3 Å². The third-order valence-electron chi connectivity index (χ3n) is 2.88. The lowest BCUT2D eigenvalue weighted by Crippen LogP contribution is -2.16. The van der Waals surface area contributed by atoms with Gasteiger partial charge in [0.15, 0.2) is 11.5 Å². The highest BCUT2D eigenvalue weighted by Crippen LogP contribution is 2.32. The Labute approximate surface area is 120 Å². The normalized spacial score (nSPS) is 13.0. The van der Waals surface area contributed by atoms with E-state index in [0.29, 0.717) is 31.8 Å². The van der Waals surface area contributed by atoms with Crippen molar-refractivity contribution in [1.29, 1.82) is 0 Å². The molecule has 104 valence electrons. The summed E-state index contributed by atoms with van der Waals surface area (Å²) in [5.41, 5.74) is 0.721. The van der Waals surface area contributed by atoms with E-state index in [9.17, 15) is 4.79 Å². The first kappa shape index (κ1) is 12.9. The highest BCUT2D eigenvalue weighted by Gasteiger charge is 2.12. The monoisotopic (exact) mass is 290 g/mol. The Balaban J connectivity index is 1.58. The summed E-state index contributed by atoms with van der Waals surface area (Å²) in [5, 5.41) is 5.74. The number of ether oxygens (including phenoxy) is 2. The number of nitrogens with one attached hydrogen (secondary N) is 1. The minimum atomic E-state index is -0.0307. The average molecular weight is 290 g/mol. The van der Waals surface area contributed by atoms with E-state index in [2.05, 4.69) is 10.3 Å². The maximum Gasteiger partial charge on any atom is 0.224 e. The van der Waals surface area contributed by atoms with Crippen LogP contribution in [0.15, 0.2) is 29.8 Å². The van der Waals surface area contributed by atoms with Crippen molar-refractivity contribution in [2.45, 2.75) is 12.8 Å². The topological polar surface area (TPSA) is 60.5 Å². The zero-order chi connectivity index (χ0) is 13.8. The van der Waals surface area contributed by atoms with Gasteiger partial charge in [-0.2, -0.15) is 0 Å². The molecule has 0 bridgehead atoms. The Morgan fingerprint density at radius 2 is 2.15 bits per heavy atom. The second kappa shape index (κ2) is 5.92. The van der Waals surface area contributed by atoms with Crippen LogP contribution in [0, 0.1) is 0 Å². The van der Waals surface area contributed by atoms with Gasteiger partial charge in [-0.05, 0) is 12.1 Å². The van der Waals surface area contributed by atoms with Crippen LogP contribution in [-0.4, -0.2) is 24.1 Å². The number of carbonyl (C=O) groups is 1. The predicted octanol–water partition coefficient (Wildman–Crippen LogP) is 2.49. The van der Waals surface area contributed by atoms with Crippen LogP contribution in [0.5, 0.6) is 11.5 Å². The molecule has 0 radical (unpaired) electrons. The van der Waals surface area contributed by atoms with Crippen molar-refractivity contribution in [3.05, 3.63) is 34.8 Å². The van der Waals surface area contributed by atoms with Gasteiger partial charge in [0.1, 0.15) is 13.2 Å². The molecular weight excluding hydrogens is 276 g/mol. The van der Waals surface area contributed by atoms with Crippen molar-refractivity contribution in [1.82, 2.24) is 4.98 Å². The molecule has 20 heavy (non-hydrogen) atoms. The second-order valence-electron chi connectivity index (χ2n) is 4.33. The van der Waals surface area contributed by atoms with Crippen LogP contribution in [0.2, 0.25) is 0 Å². The van der Waals surface area contributed by atoms with E-state index in [0.717, 1.165) is 16.4 Å². The average Bonchev–Trinajstić information content (AvgIpc) is 2.98. The Morgan fingerprint density at radius 1 is 1.30 bits per heavy atom. The molecule has 0 spiro atoms. The molecule has 6 heteroatoms. The first-order valence-electron chi connectivity index (χ1n) is 6.39. The Kier molecular flexibility index (Phi) is 3.83. The number of hydrogen-bond acceptors (Lipinski definition) is 5. The Bertz CT molecular complexity index is 598. The first-order valence-corrected chi connectivity index (χ1v) is 7.27. The third-order valence-corrected chi connectivity index (χ3v) is 3.71. The zero-order valence-electron chi connectivity index (χ0n) is 10.8. The molecule has 5 nitrogen and oxygen atoms in total. The maximum atomic E-state index is 11.9. The number of aryl methyl sites for hydroxylation is 1. The minimum absolute atomic E-state index is 0.0307. The number of carbonyl (C=O) groups excluding carboxylic acids is 1. The summed E-state index contributed by atoms with van der Waals surface area (Å²) in [6.07, 6.45) is 2.83. The summed E-state index contributed by atoms with van der Waals surface area (Å²) >= 11 is 1.56. The van der Waals surface area contributed by atoms with Crippen molar-refractivity contribution in [3.63, 3.8) is 0 Å². The quantitative estimate of drug-likeness (QED) is 0.939. The summed E-state index contributed by atoms with van der Waals surface area (Å²) in [6.45, 7) is 1.10. The van der Waals surface area contributed by atoms with Gasteiger partial charge in [-0.15, -0.1) is 11.3 Å². The number of aromatic nitrogens is 1. The number of hydrogen-bond donors (Lipinski definition) is 1. The molecule has 0 aliphatic carbocycles. The first-order chi connectivity index (χ1) is 9.81. The number of anilines is 1. The van der Waals surface area contributed by atoms with E-state index in [1.807, 2.05) is 17.5 Å². The lowest BCUT2D eigenvalue weighted by molar-refractivity contribution is -0.116. The fourth-order valence-corrected chi connectivity index (χ4v) is 2.56. The summed E-state index contributed by atoms with van der Waals surface area (Å²) in [7, 11) is 0. The third kappa shape index (κ3) is 3.08. The van der Waals surface area contributed by atoms with Gasteiger partial charge in [-0.3, -0.25) is 4.79 Å². The highest BCUT2D eigenvalue weighted by molar-refractivity contribution is 7.09. The van der Waals surface area contributed by atoms with Crippen LogP contribution < -0.4 is 14.8 Å². The standard InChI is InChI=1S/C14H14N2O3S/c17-13(3-4-14-15-5-8-20-14)16-10-1-2-11-12(9-10)19-7-6-18-11/h1-2,5,8-9H,3-4,6-7H2,(H,16,17). The van der Waals surface area contributed by atoms with Crippen molar-refractivity contribution >= 4 is 22.9 Å². The molecule has 1 aliphatic rings. The van der Waals surface area contributed by atoms with Gasteiger partial charge >= 0.3 is 0 Å². The van der Waals surface area contributed by atoms with Gasteiger partial charge < -0.3 is 14.8 Å². The van der Waals surface area contributed by atoms with Crippen LogP contribution in [0.1, 0.15) is 11.4 Å². The van der Waals surface area contributed by atoms with Gasteiger partial charge in [0, 0.05) is 36.2 Å². The molecule has 1 N–H and O–H groups in total. The second-order valence-corrected chi connectivity index (χ2v) is 5.31. The number of rotatable bonds is 4. The van der Waals surface area contributed by atoms with E-state index >= 15 is 0 Å². The van der Waals surface area contributed by atoms with Gasteiger partial charge in [-0.25, -0.2) is 4.98 Å². The molecule has 2 heterocycles. The lowest BCUT2D eigenvalue weighted by atomic mass is 10.2. The van der Waals surface area contributed by atoms with Crippen molar-refractivity contribution < 1.29 is 14.3 Å². The molecule has 1 aromatic carbocycles. The molecule has 0 atom stereocenters. The molecule has 0 saturated heterocycles. The number of fused-ring (bicyclic) bond motifs is 1. The van der Waals surface area contributed by atoms with Crippen molar-refractivity contribution in [2.24, 2.45) is 0 Å². The van der Waals surface area contributed by atoms with E-state index in [1.54, 1.807) is 23.6 Å². The molecule has 3 rings (SSSR count). The van der Waals surface area contributed by atoms with Gasteiger partial charge in [0.2, 0.25) is 5.91 Å². The van der Waals surface area contributed by atoms with E-state index in [1.165, 1.54) is 0 Å². The SMILES string of the molecule is O=C(CCc1nccs1)Nc1ccc2c(c1)OCCO2. The molecular formula is C14H14N2O3S. The summed E-state index contributed by atoms with van der Waals surface area (Å²) in [6, 6.07) is 5.41. The Morgan fingerprint density at radius 3 is 2.95 bits per heavy atom. The molecule has 0 unspecified atom stereocenters. The van der Waals surface area contributed by atoms with Crippen LogP contribution in [0.25, 0.3) is 0 Å². The number of nitrogens with zero attached hydrogens (tertiary/aromatic N) is 1. The van der Waals surface area contributed by atoms with E-state index < -0.39 is 0 Å². The van der Waals surface area contributed by atoms with Crippen molar-refractivity contribution in [2.75, 3.05) is 18.5 Å². The van der Waals surface area contributed by atoms with E-state index in [-0.39, 0.29) is 5.91 Å². The van der Waals surface area contributed by atoms with Gasteiger partial charge in [-0.1, -0.05) is 0 Å². The summed E-state index contributed by atoms with van der Waals surface area (Å²) in [5.74, 6) is 1.36. The smallest absolute Gasteiger partial charge is 0.224 e. The van der Waals surface area contributed by atoms with Crippen LogP contribution in [0.4, 0.5) is 5.69 Å². The maximum absolute atomic E-state index is 11.9. The van der Waals surface area contributed by atoms with Crippen molar-refractivity contribution in [3.8, 4) is 11.5 Å². The molecule has 1 aliphatic heterocycles. The molecule has 0 saturated carbocycles. The predicted molar refractivity (Wildman–Crippen MR) is 76.5 cm³/mol. The van der Waals surface area contributed by atoms with E-state index in [4.69, 9.17) is 9.47 Å². The van der Waals surface area contributed by atoms with Crippen LogP contribution in [0.3, 0.4) is 0 Å². The van der Waals surface area contributed by atoms with Crippen LogP contribution in [-0.2, 0) is 11.2 Å². The fraction of sp³-hybridized carbons (Fsp3) is 0.286. The van der Waals surface area contributed by atoms with Gasteiger partial charge in [0.05, 0.1) is 5.01 Å². The number of thiazole rings is 1. The summed E-state index contributed by atoms with van der Waals surface area (Å²) in [4.78, 5) is 16.0. The number of benzene rings is 1. The summed E-state index contributed by atoms with van der Waals surface area (Å²) < 4.78 is 10.9. The fourth-order valence-electron chi connectivity index (χ4n) is 1.94. The molecule has 1 aromatic heterocycles. The molecule has 0 fully saturated rings. The zero-order valence-corrected chi connectivity index (χ0v) is 11.6. The number of amides is 1. The highest BCUT2D eigenvalue weighted by atomic mass is 32.1. The van der Waals surface area contributed by atoms with Gasteiger partial charge in [0.25, 0.3) is 0 Å². The lowest BCUT2D eigenvalue weighted by Gasteiger charge is -2.18.